The molecular formula is C8H6Cl2O3S. The van der Waals surface area contributed by atoms with E-state index in [1.807, 2.05) is 0 Å². The van der Waals surface area contributed by atoms with Crippen molar-refractivity contribution in [1.82, 2.24) is 0 Å². The van der Waals surface area contributed by atoms with Crippen molar-refractivity contribution in [3.63, 3.8) is 0 Å². The molecule has 0 bridgehead atoms. The molecule has 0 aliphatic carbocycles. The maximum atomic E-state index is 11.0. The summed E-state index contributed by atoms with van der Waals surface area (Å²) in [6.07, 6.45) is 1.22. The van der Waals surface area contributed by atoms with Gasteiger partial charge in [-0.2, -0.15) is 8.42 Å². The lowest BCUT2D eigenvalue weighted by atomic mass is 10.2. The van der Waals surface area contributed by atoms with Crippen LogP contribution in [0.1, 0.15) is 5.56 Å². The highest BCUT2D eigenvalue weighted by molar-refractivity contribution is 7.86. The molecule has 1 aromatic rings. The monoisotopic (exact) mass is 252 g/mol. The Balaban J connectivity index is 3.71. The summed E-state index contributed by atoms with van der Waals surface area (Å²) in [6.45, 7) is 3.39. The SMILES string of the molecule is C=Cc1c(Cl)ccc(Cl)c1S(=O)(=O)O. The Morgan fingerprint density at radius 1 is 1.29 bits per heavy atom. The summed E-state index contributed by atoms with van der Waals surface area (Å²) in [4.78, 5) is -0.415. The van der Waals surface area contributed by atoms with Crippen LogP contribution in [0.5, 0.6) is 0 Å². The predicted octanol–water partition coefficient (Wildman–Crippen LogP) is 2.88. The first-order chi connectivity index (χ1) is 6.38. The molecule has 0 aliphatic heterocycles. The average molecular weight is 253 g/mol. The van der Waals surface area contributed by atoms with Crippen molar-refractivity contribution in [2.24, 2.45) is 0 Å². The molecule has 0 aromatic heterocycles. The second-order valence-electron chi connectivity index (χ2n) is 2.45. The molecule has 0 heterocycles. The second kappa shape index (κ2) is 3.90. The largest absolute Gasteiger partial charge is 0.296 e. The van der Waals surface area contributed by atoms with E-state index in [1.54, 1.807) is 0 Å². The lowest BCUT2D eigenvalue weighted by Crippen LogP contribution is -2.02. The molecule has 3 nitrogen and oxygen atoms in total. The highest BCUT2D eigenvalue weighted by atomic mass is 35.5. The minimum Gasteiger partial charge on any atom is -0.282 e. The van der Waals surface area contributed by atoms with Crippen molar-refractivity contribution in [3.05, 3.63) is 34.3 Å². The fourth-order valence-electron chi connectivity index (χ4n) is 1.00. The standard InChI is InChI=1S/C8H6Cl2O3S/c1-2-5-6(9)3-4-7(10)8(5)14(11,12)13/h2-4H,1H2,(H,11,12,13). The van der Waals surface area contributed by atoms with Gasteiger partial charge in [0.1, 0.15) is 4.90 Å². The third-order valence-electron chi connectivity index (χ3n) is 1.56. The summed E-state index contributed by atoms with van der Waals surface area (Å²) >= 11 is 11.3. The average Bonchev–Trinajstić information content (AvgIpc) is 2.06. The highest BCUT2D eigenvalue weighted by Gasteiger charge is 2.20. The summed E-state index contributed by atoms with van der Waals surface area (Å²) in [6, 6.07) is 2.72. The van der Waals surface area contributed by atoms with E-state index in [1.165, 1.54) is 18.2 Å². The van der Waals surface area contributed by atoms with Gasteiger partial charge in [0.2, 0.25) is 0 Å². The molecule has 1 rings (SSSR count). The predicted molar refractivity (Wildman–Crippen MR) is 56.4 cm³/mol. The Morgan fingerprint density at radius 3 is 2.14 bits per heavy atom. The molecule has 14 heavy (non-hydrogen) atoms. The zero-order valence-electron chi connectivity index (χ0n) is 6.87. The zero-order valence-corrected chi connectivity index (χ0v) is 9.20. The van der Waals surface area contributed by atoms with Gasteiger partial charge in [0.05, 0.1) is 5.02 Å². The van der Waals surface area contributed by atoms with Gasteiger partial charge < -0.3 is 0 Å². The molecule has 0 radical (unpaired) electrons. The normalized spacial score (nSPS) is 11.4. The quantitative estimate of drug-likeness (QED) is 0.824. The van der Waals surface area contributed by atoms with Crippen molar-refractivity contribution in [1.29, 1.82) is 0 Å². The van der Waals surface area contributed by atoms with Crippen LogP contribution in [0.2, 0.25) is 10.0 Å². The Kier molecular flexibility index (Phi) is 3.21. The summed E-state index contributed by atoms with van der Waals surface area (Å²) in [5.41, 5.74) is 0.0988. The van der Waals surface area contributed by atoms with Crippen LogP contribution in [-0.2, 0) is 10.1 Å². The molecule has 0 spiro atoms. The van der Waals surface area contributed by atoms with E-state index in [4.69, 9.17) is 27.8 Å². The molecule has 0 saturated carbocycles. The van der Waals surface area contributed by atoms with Crippen LogP contribution < -0.4 is 0 Å². The fraction of sp³-hybridized carbons (Fsp3) is 0. The first-order valence-electron chi connectivity index (χ1n) is 3.46. The third-order valence-corrected chi connectivity index (χ3v) is 3.27. The first-order valence-corrected chi connectivity index (χ1v) is 5.65. The summed E-state index contributed by atoms with van der Waals surface area (Å²) < 4.78 is 30.8. The molecule has 0 saturated heterocycles. The number of benzene rings is 1. The van der Waals surface area contributed by atoms with Crippen molar-refractivity contribution in [2.45, 2.75) is 4.90 Å². The maximum absolute atomic E-state index is 11.0. The summed E-state index contributed by atoms with van der Waals surface area (Å²) in [5, 5.41) is 0.0730. The highest BCUT2D eigenvalue weighted by Crippen LogP contribution is 2.31. The van der Waals surface area contributed by atoms with Gasteiger partial charge in [0.15, 0.2) is 0 Å². The molecule has 6 heteroatoms. The molecule has 0 unspecified atom stereocenters. The molecule has 0 amide bonds. The van der Waals surface area contributed by atoms with Gasteiger partial charge in [-0.05, 0) is 12.1 Å². The first kappa shape index (κ1) is 11.5. The minimum atomic E-state index is -4.39. The number of rotatable bonds is 2. The second-order valence-corrected chi connectivity index (χ2v) is 4.62. The van der Waals surface area contributed by atoms with Gasteiger partial charge in [-0.15, -0.1) is 0 Å². The Hall–Kier alpha value is -0.550. The number of halogens is 2. The molecule has 0 aliphatic rings. The van der Waals surface area contributed by atoms with Crippen LogP contribution in [0, 0.1) is 0 Å². The Morgan fingerprint density at radius 2 is 1.79 bits per heavy atom. The minimum absolute atomic E-state index is 0.0909. The van der Waals surface area contributed by atoms with E-state index < -0.39 is 15.0 Å². The fourth-order valence-corrected chi connectivity index (χ4v) is 2.53. The topological polar surface area (TPSA) is 54.4 Å². The molecule has 1 N–H and O–H groups in total. The molecule has 76 valence electrons. The van der Waals surface area contributed by atoms with E-state index in [-0.39, 0.29) is 15.6 Å². The van der Waals surface area contributed by atoms with Crippen LogP contribution >= 0.6 is 23.2 Å². The summed E-state index contributed by atoms with van der Waals surface area (Å²) in [7, 11) is -4.39. The zero-order chi connectivity index (χ0) is 10.9. The van der Waals surface area contributed by atoms with Crippen LogP contribution in [0.15, 0.2) is 23.6 Å². The van der Waals surface area contributed by atoms with Gasteiger partial charge in [-0.25, -0.2) is 0 Å². The van der Waals surface area contributed by atoms with Crippen LogP contribution in [0.3, 0.4) is 0 Å². The van der Waals surface area contributed by atoms with Crippen molar-refractivity contribution in [2.75, 3.05) is 0 Å². The molecule has 1 aromatic carbocycles. The smallest absolute Gasteiger partial charge is 0.282 e. The molecule has 0 fully saturated rings. The lowest BCUT2D eigenvalue weighted by Gasteiger charge is -2.06. The van der Waals surface area contributed by atoms with E-state index in [0.717, 1.165) is 0 Å². The summed E-state index contributed by atoms with van der Waals surface area (Å²) in [5.74, 6) is 0. The van der Waals surface area contributed by atoms with E-state index in [9.17, 15) is 8.42 Å². The van der Waals surface area contributed by atoms with Crippen LogP contribution in [-0.4, -0.2) is 13.0 Å². The molecular weight excluding hydrogens is 247 g/mol. The maximum Gasteiger partial charge on any atom is 0.296 e. The van der Waals surface area contributed by atoms with Gasteiger partial charge >= 0.3 is 0 Å². The number of hydrogen-bond donors (Lipinski definition) is 1. The van der Waals surface area contributed by atoms with Gasteiger partial charge in [0.25, 0.3) is 10.1 Å². The van der Waals surface area contributed by atoms with E-state index in [2.05, 4.69) is 6.58 Å². The Bertz CT molecular complexity index is 480. The van der Waals surface area contributed by atoms with Crippen molar-refractivity contribution in [3.8, 4) is 0 Å². The van der Waals surface area contributed by atoms with Crippen molar-refractivity contribution < 1.29 is 13.0 Å². The Labute approximate surface area is 91.7 Å². The van der Waals surface area contributed by atoms with Gasteiger partial charge in [-0.3, -0.25) is 4.55 Å². The van der Waals surface area contributed by atoms with E-state index >= 15 is 0 Å². The van der Waals surface area contributed by atoms with Crippen LogP contribution in [0.25, 0.3) is 6.08 Å². The van der Waals surface area contributed by atoms with Crippen molar-refractivity contribution >= 4 is 39.4 Å². The molecule has 0 atom stereocenters. The van der Waals surface area contributed by atoms with E-state index in [0.29, 0.717) is 0 Å². The van der Waals surface area contributed by atoms with Gasteiger partial charge in [0, 0.05) is 10.6 Å². The lowest BCUT2D eigenvalue weighted by molar-refractivity contribution is 0.483. The van der Waals surface area contributed by atoms with Gasteiger partial charge in [-0.1, -0.05) is 35.9 Å². The number of hydrogen-bond acceptors (Lipinski definition) is 2. The third kappa shape index (κ3) is 2.09. The van der Waals surface area contributed by atoms with Crippen LogP contribution in [0.4, 0.5) is 0 Å².